The summed E-state index contributed by atoms with van der Waals surface area (Å²) in [6.07, 6.45) is 0. The third kappa shape index (κ3) is 2.98. The number of amides is 1. The van der Waals surface area contributed by atoms with Gasteiger partial charge < -0.3 is 14.8 Å². The van der Waals surface area contributed by atoms with Crippen molar-refractivity contribution in [2.24, 2.45) is 0 Å². The number of carbonyl (C=O) groups is 1. The summed E-state index contributed by atoms with van der Waals surface area (Å²) in [6, 6.07) is 15.5. The predicted molar refractivity (Wildman–Crippen MR) is 85.0 cm³/mol. The van der Waals surface area contributed by atoms with Crippen molar-refractivity contribution in [2.45, 2.75) is 6.04 Å². The quantitative estimate of drug-likeness (QED) is 0.774. The molecular weight excluding hydrogens is 302 g/mol. The van der Waals surface area contributed by atoms with Crippen LogP contribution in [0.5, 0.6) is 0 Å². The molecule has 3 rings (SSSR count). The van der Waals surface area contributed by atoms with Crippen LogP contribution in [0.15, 0.2) is 59.0 Å². The van der Waals surface area contributed by atoms with E-state index in [9.17, 15) is 9.90 Å². The van der Waals surface area contributed by atoms with E-state index in [2.05, 4.69) is 5.32 Å². The molecule has 4 nitrogen and oxygen atoms in total. The van der Waals surface area contributed by atoms with Gasteiger partial charge in [0.2, 0.25) is 0 Å². The lowest BCUT2D eigenvalue weighted by Crippen LogP contribution is -2.30. The molecule has 0 aliphatic heterocycles. The van der Waals surface area contributed by atoms with Crippen molar-refractivity contribution in [3.63, 3.8) is 0 Å². The molecule has 3 aromatic rings. The number of benzene rings is 2. The number of aliphatic hydroxyl groups is 1. The lowest BCUT2D eigenvalue weighted by molar-refractivity contribution is 0.0890. The molecular formula is C17H14ClNO3. The van der Waals surface area contributed by atoms with E-state index in [0.29, 0.717) is 10.6 Å². The van der Waals surface area contributed by atoms with Gasteiger partial charge in [0.15, 0.2) is 5.76 Å². The molecule has 0 bridgehead atoms. The van der Waals surface area contributed by atoms with E-state index in [0.717, 1.165) is 10.9 Å². The Kier molecular flexibility index (Phi) is 4.13. The summed E-state index contributed by atoms with van der Waals surface area (Å²) in [6.45, 7) is -0.215. The highest BCUT2D eigenvalue weighted by atomic mass is 35.5. The van der Waals surface area contributed by atoms with Crippen LogP contribution in [0, 0.1) is 0 Å². The van der Waals surface area contributed by atoms with Gasteiger partial charge in [0.05, 0.1) is 12.6 Å². The first-order valence-electron chi connectivity index (χ1n) is 6.83. The zero-order chi connectivity index (χ0) is 15.5. The van der Waals surface area contributed by atoms with Crippen LogP contribution in [0.25, 0.3) is 11.0 Å². The lowest BCUT2D eigenvalue weighted by Gasteiger charge is -2.15. The zero-order valence-electron chi connectivity index (χ0n) is 11.6. The summed E-state index contributed by atoms with van der Waals surface area (Å²) in [4.78, 5) is 12.3. The van der Waals surface area contributed by atoms with E-state index < -0.39 is 6.04 Å². The molecule has 0 spiro atoms. The van der Waals surface area contributed by atoms with E-state index in [1.54, 1.807) is 36.4 Å². The first-order valence-corrected chi connectivity index (χ1v) is 7.21. The van der Waals surface area contributed by atoms with Crippen molar-refractivity contribution in [3.8, 4) is 0 Å². The van der Waals surface area contributed by atoms with E-state index in [1.165, 1.54) is 0 Å². The minimum Gasteiger partial charge on any atom is -0.451 e. The van der Waals surface area contributed by atoms with Crippen LogP contribution >= 0.6 is 11.6 Å². The smallest absolute Gasteiger partial charge is 0.287 e. The van der Waals surface area contributed by atoms with E-state index in [4.69, 9.17) is 16.0 Å². The average Bonchev–Trinajstić information content (AvgIpc) is 2.97. The molecule has 2 N–H and O–H groups in total. The van der Waals surface area contributed by atoms with Crippen LogP contribution in [-0.2, 0) is 0 Å². The maximum absolute atomic E-state index is 12.3. The maximum Gasteiger partial charge on any atom is 0.287 e. The number of carbonyl (C=O) groups excluding carboxylic acids is 1. The third-order valence-electron chi connectivity index (χ3n) is 3.41. The summed E-state index contributed by atoms with van der Waals surface area (Å²) in [5.74, 6) is -0.154. The highest BCUT2D eigenvalue weighted by Gasteiger charge is 2.18. The number of furan rings is 1. The Labute approximate surface area is 132 Å². The number of rotatable bonds is 4. The van der Waals surface area contributed by atoms with Gasteiger partial charge in [-0.25, -0.2) is 0 Å². The Morgan fingerprint density at radius 1 is 1.18 bits per heavy atom. The van der Waals surface area contributed by atoms with Gasteiger partial charge in [0.1, 0.15) is 5.58 Å². The molecule has 0 saturated carbocycles. The van der Waals surface area contributed by atoms with E-state index in [1.807, 2.05) is 18.2 Å². The molecule has 1 atom stereocenters. The summed E-state index contributed by atoms with van der Waals surface area (Å²) in [5, 5.41) is 13.7. The number of para-hydroxylation sites is 1. The average molecular weight is 316 g/mol. The predicted octanol–water partition coefficient (Wildman–Crippen LogP) is 3.55. The van der Waals surface area contributed by atoms with Crippen molar-refractivity contribution in [1.82, 2.24) is 5.32 Å². The topological polar surface area (TPSA) is 62.5 Å². The summed E-state index contributed by atoms with van der Waals surface area (Å²) >= 11 is 5.84. The van der Waals surface area contributed by atoms with Gasteiger partial charge in [-0.3, -0.25) is 4.79 Å². The van der Waals surface area contributed by atoms with Crippen molar-refractivity contribution >= 4 is 28.5 Å². The van der Waals surface area contributed by atoms with Gasteiger partial charge in [-0.05, 0) is 29.8 Å². The standard InChI is InChI=1S/C17H14ClNO3/c18-13-7-5-11(6-8-13)14(10-20)19-17(21)16-9-12-3-1-2-4-15(12)22-16/h1-9,14,20H,10H2,(H,19,21). The van der Waals surface area contributed by atoms with Crippen molar-refractivity contribution < 1.29 is 14.3 Å². The zero-order valence-corrected chi connectivity index (χ0v) is 12.4. The van der Waals surface area contributed by atoms with Crippen molar-refractivity contribution in [1.29, 1.82) is 0 Å². The summed E-state index contributed by atoms with van der Waals surface area (Å²) in [5.41, 5.74) is 1.43. The van der Waals surface area contributed by atoms with Gasteiger partial charge in [0, 0.05) is 10.4 Å². The number of hydrogen-bond donors (Lipinski definition) is 2. The molecule has 112 valence electrons. The number of nitrogens with one attached hydrogen (secondary N) is 1. The number of fused-ring (bicyclic) bond motifs is 1. The molecule has 0 radical (unpaired) electrons. The summed E-state index contributed by atoms with van der Waals surface area (Å²) in [7, 11) is 0. The Morgan fingerprint density at radius 3 is 2.59 bits per heavy atom. The van der Waals surface area contributed by atoms with Crippen LogP contribution in [0.1, 0.15) is 22.2 Å². The second-order valence-corrected chi connectivity index (χ2v) is 5.35. The highest BCUT2D eigenvalue weighted by molar-refractivity contribution is 6.30. The molecule has 0 aliphatic carbocycles. The Hall–Kier alpha value is -2.30. The second-order valence-electron chi connectivity index (χ2n) is 4.91. The first kappa shape index (κ1) is 14.6. The third-order valence-corrected chi connectivity index (χ3v) is 3.66. The fraction of sp³-hybridized carbons (Fsp3) is 0.118. The van der Waals surface area contributed by atoms with E-state index >= 15 is 0 Å². The van der Waals surface area contributed by atoms with Crippen LogP contribution in [0.3, 0.4) is 0 Å². The number of halogens is 1. The van der Waals surface area contributed by atoms with E-state index in [-0.39, 0.29) is 18.3 Å². The molecule has 22 heavy (non-hydrogen) atoms. The largest absolute Gasteiger partial charge is 0.451 e. The van der Waals surface area contributed by atoms with Gasteiger partial charge in [-0.1, -0.05) is 41.9 Å². The Bertz CT molecular complexity index is 762. The molecule has 1 amide bonds. The molecule has 0 saturated heterocycles. The Balaban J connectivity index is 1.80. The van der Waals surface area contributed by atoms with Crippen LogP contribution in [0.2, 0.25) is 5.02 Å². The number of hydrogen-bond acceptors (Lipinski definition) is 3. The highest BCUT2D eigenvalue weighted by Crippen LogP contribution is 2.20. The van der Waals surface area contributed by atoms with Gasteiger partial charge in [-0.15, -0.1) is 0 Å². The van der Waals surface area contributed by atoms with Crippen LogP contribution < -0.4 is 5.32 Å². The van der Waals surface area contributed by atoms with Gasteiger partial charge >= 0.3 is 0 Å². The van der Waals surface area contributed by atoms with Gasteiger partial charge in [0.25, 0.3) is 5.91 Å². The first-order chi connectivity index (χ1) is 10.7. The summed E-state index contributed by atoms with van der Waals surface area (Å²) < 4.78 is 5.52. The monoisotopic (exact) mass is 315 g/mol. The minimum atomic E-state index is -0.516. The molecule has 1 aromatic heterocycles. The molecule has 1 heterocycles. The molecule has 1 unspecified atom stereocenters. The molecule has 2 aromatic carbocycles. The lowest BCUT2D eigenvalue weighted by atomic mass is 10.1. The fourth-order valence-corrected chi connectivity index (χ4v) is 2.38. The molecule has 5 heteroatoms. The van der Waals surface area contributed by atoms with Crippen LogP contribution in [0.4, 0.5) is 0 Å². The normalized spacial score (nSPS) is 12.3. The Morgan fingerprint density at radius 2 is 1.91 bits per heavy atom. The van der Waals surface area contributed by atoms with Crippen LogP contribution in [-0.4, -0.2) is 17.6 Å². The van der Waals surface area contributed by atoms with Crippen molar-refractivity contribution in [3.05, 3.63) is 70.9 Å². The second kappa shape index (κ2) is 6.22. The van der Waals surface area contributed by atoms with Gasteiger partial charge in [-0.2, -0.15) is 0 Å². The number of aliphatic hydroxyl groups excluding tert-OH is 1. The maximum atomic E-state index is 12.3. The minimum absolute atomic E-state index is 0.215. The SMILES string of the molecule is O=C(NC(CO)c1ccc(Cl)cc1)c1cc2ccccc2o1. The molecule has 0 fully saturated rings. The molecule has 0 aliphatic rings. The van der Waals surface area contributed by atoms with Crippen molar-refractivity contribution in [2.75, 3.05) is 6.61 Å². The fourth-order valence-electron chi connectivity index (χ4n) is 2.25.